The molecule has 9 atom stereocenters. The summed E-state index contributed by atoms with van der Waals surface area (Å²) in [6.45, 7) is 1.73. The van der Waals surface area contributed by atoms with Crippen molar-refractivity contribution in [2.45, 2.75) is 81.7 Å². The van der Waals surface area contributed by atoms with Crippen molar-refractivity contribution in [1.82, 2.24) is 20.2 Å². The molecule has 1 unspecified atom stereocenters. The summed E-state index contributed by atoms with van der Waals surface area (Å²) in [5, 5.41) is 65.2. The first kappa shape index (κ1) is 35.3. The Morgan fingerprint density at radius 2 is 1.74 bits per heavy atom. The predicted octanol–water partition coefficient (Wildman–Crippen LogP) is -6.11. The van der Waals surface area contributed by atoms with Crippen molar-refractivity contribution < 1.29 is 59.3 Å². The Labute approximate surface area is 242 Å². The van der Waals surface area contributed by atoms with Crippen molar-refractivity contribution in [3.63, 3.8) is 0 Å². The second-order valence-electron chi connectivity index (χ2n) is 10.2. The number of hydrogen-bond donors (Lipinski definition) is 11. The van der Waals surface area contributed by atoms with Crippen LogP contribution in [0.4, 0.5) is 4.79 Å². The molecule has 1 saturated heterocycles. The number of carbonyl (C=O) groups is 4. The van der Waals surface area contributed by atoms with E-state index in [0.717, 1.165) is 6.20 Å². The number of aromatic amines is 1. The van der Waals surface area contributed by atoms with E-state index in [4.69, 9.17) is 16.2 Å². The molecule has 0 saturated carbocycles. The van der Waals surface area contributed by atoms with Gasteiger partial charge in [-0.05, 0) is 12.3 Å². The Morgan fingerprint density at radius 1 is 1.12 bits per heavy atom. The van der Waals surface area contributed by atoms with Gasteiger partial charge in [-0.25, -0.2) is 14.4 Å². The molecule has 0 radical (unpaired) electrons. The van der Waals surface area contributed by atoms with Crippen molar-refractivity contribution in [3.8, 4) is 0 Å². The number of H-pyrrole nitrogens is 1. The fraction of sp³-hybridized carbons (Fsp3) is 0.652. The zero-order chi connectivity index (χ0) is 32.8. The van der Waals surface area contributed by atoms with E-state index in [0.29, 0.717) is 4.57 Å². The molecule has 0 bridgehead atoms. The lowest BCUT2D eigenvalue weighted by Crippen LogP contribution is -2.63. The maximum atomic E-state index is 13.2. The lowest BCUT2D eigenvalue weighted by atomic mass is 9.99. The number of amides is 3. The van der Waals surface area contributed by atoms with Crippen LogP contribution in [0.25, 0.3) is 0 Å². The quantitative estimate of drug-likeness (QED) is 0.0921. The van der Waals surface area contributed by atoms with Crippen LogP contribution in [-0.4, -0.2) is 119 Å². The SMILES string of the molecule is CC(C)C[C@H](N)C(=O)N[C@H](C(=O)N[C@H](C(=O)O)[C@H]1OC(n2cc(CO)c(=O)[nH]c2=O)[C@H](O)[C@@H]1O)[C@H](O)[C@@H](O)COC(N)=O. The van der Waals surface area contributed by atoms with Gasteiger partial charge < -0.3 is 62.2 Å². The van der Waals surface area contributed by atoms with Crippen LogP contribution in [0.15, 0.2) is 15.8 Å². The molecule has 1 aliphatic heterocycles. The number of rotatable bonds is 14. The van der Waals surface area contributed by atoms with Crippen LogP contribution in [0.5, 0.6) is 0 Å². The van der Waals surface area contributed by atoms with Gasteiger partial charge in [0.1, 0.15) is 43.2 Å². The normalized spacial score (nSPS) is 23.6. The zero-order valence-corrected chi connectivity index (χ0v) is 23.0. The monoisotopic (exact) mass is 620 g/mol. The van der Waals surface area contributed by atoms with Gasteiger partial charge in [0.25, 0.3) is 5.56 Å². The van der Waals surface area contributed by atoms with Gasteiger partial charge >= 0.3 is 17.8 Å². The number of aliphatic hydroxyl groups is 5. The van der Waals surface area contributed by atoms with Crippen LogP contribution < -0.4 is 33.3 Å². The van der Waals surface area contributed by atoms with Crippen LogP contribution in [-0.2, 0) is 30.5 Å². The highest BCUT2D eigenvalue weighted by Gasteiger charge is 2.51. The molecule has 3 amide bonds. The average molecular weight is 621 g/mol. The highest BCUT2D eigenvalue weighted by molar-refractivity contribution is 5.92. The second kappa shape index (κ2) is 15.0. The van der Waals surface area contributed by atoms with Gasteiger partial charge in [0.2, 0.25) is 11.8 Å². The highest BCUT2D eigenvalue weighted by Crippen LogP contribution is 2.30. The van der Waals surface area contributed by atoms with Gasteiger partial charge in [0.15, 0.2) is 12.3 Å². The molecule has 1 aliphatic rings. The molecular formula is C23H36N6O14. The number of ether oxygens (including phenoxy) is 2. The van der Waals surface area contributed by atoms with Gasteiger partial charge in [-0.3, -0.25) is 23.9 Å². The van der Waals surface area contributed by atoms with Gasteiger partial charge in [-0.15, -0.1) is 0 Å². The third-order valence-electron chi connectivity index (χ3n) is 6.43. The second-order valence-corrected chi connectivity index (χ2v) is 10.2. The molecule has 2 rings (SSSR count). The smallest absolute Gasteiger partial charge is 0.404 e. The van der Waals surface area contributed by atoms with Crippen LogP contribution >= 0.6 is 0 Å². The van der Waals surface area contributed by atoms with Gasteiger partial charge in [0, 0.05) is 6.20 Å². The summed E-state index contributed by atoms with van der Waals surface area (Å²) in [6.07, 6.45) is -12.5. The Morgan fingerprint density at radius 3 is 2.28 bits per heavy atom. The number of aromatic nitrogens is 2. The van der Waals surface area contributed by atoms with Gasteiger partial charge in [-0.1, -0.05) is 13.8 Å². The number of carbonyl (C=O) groups excluding carboxylic acids is 3. The fourth-order valence-corrected chi connectivity index (χ4v) is 4.22. The van der Waals surface area contributed by atoms with Crippen LogP contribution in [0, 0.1) is 5.92 Å². The third kappa shape index (κ3) is 8.79. The summed E-state index contributed by atoms with van der Waals surface area (Å²) in [6, 6.07) is -5.53. The number of nitrogens with zero attached hydrogens (tertiary/aromatic N) is 1. The molecule has 1 fully saturated rings. The Kier molecular flexibility index (Phi) is 12.3. The first-order valence-electron chi connectivity index (χ1n) is 12.8. The van der Waals surface area contributed by atoms with Crippen molar-refractivity contribution in [2.75, 3.05) is 6.61 Å². The van der Waals surface area contributed by atoms with E-state index in [1.165, 1.54) is 0 Å². The first-order chi connectivity index (χ1) is 20.0. The fourth-order valence-electron chi connectivity index (χ4n) is 4.22. The van der Waals surface area contributed by atoms with E-state index in [2.05, 4.69) is 10.1 Å². The number of carboxylic acids is 1. The molecule has 0 spiro atoms. The highest BCUT2D eigenvalue weighted by atomic mass is 16.6. The minimum atomic E-state index is -2.23. The molecule has 20 heteroatoms. The summed E-state index contributed by atoms with van der Waals surface area (Å²) in [5.41, 5.74) is 8.22. The maximum absolute atomic E-state index is 13.2. The molecule has 0 aromatic carbocycles. The Hall–Kier alpha value is -3.92. The van der Waals surface area contributed by atoms with Crippen LogP contribution in [0.2, 0.25) is 0 Å². The standard InChI is InChI=1S/C23H36N6O14/c1-7(2)3-9(24)18(36)26-11(13(32)10(31)6-42-22(25)40)19(37)27-12(21(38)39)16-14(33)15(34)20(43-16)29-4-8(5-30)17(35)28-23(29)41/h4,7,9-16,20,30-34H,3,5-6,24H2,1-2H3,(H2,25,40)(H,26,36)(H,27,37)(H,38,39)(H,28,35,41)/t9-,10-,11-,12-,13+,14-,15+,16+,20?/m0/s1. The summed E-state index contributed by atoms with van der Waals surface area (Å²) >= 11 is 0. The van der Waals surface area contributed by atoms with Crippen LogP contribution in [0.3, 0.4) is 0 Å². The largest absolute Gasteiger partial charge is 0.480 e. The number of nitrogens with two attached hydrogens (primary N) is 2. The lowest BCUT2D eigenvalue weighted by molar-refractivity contribution is -0.151. The molecule has 0 aliphatic carbocycles. The molecule has 242 valence electrons. The zero-order valence-electron chi connectivity index (χ0n) is 23.0. The minimum absolute atomic E-state index is 0.0762. The number of carboxylic acid groups (broad SMARTS) is 1. The van der Waals surface area contributed by atoms with E-state index in [1.807, 2.05) is 10.3 Å². The van der Waals surface area contributed by atoms with E-state index in [-0.39, 0.29) is 17.9 Å². The molecule has 2 heterocycles. The van der Waals surface area contributed by atoms with Gasteiger partial charge in [-0.2, -0.15) is 0 Å². The number of primary amides is 1. The maximum Gasteiger partial charge on any atom is 0.404 e. The molecule has 20 nitrogen and oxygen atoms in total. The van der Waals surface area contributed by atoms with Crippen LogP contribution in [0.1, 0.15) is 32.1 Å². The van der Waals surface area contributed by atoms with Gasteiger partial charge in [0.05, 0.1) is 18.2 Å². The van der Waals surface area contributed by atoms with Crippen molar-refractivity contribution in [1.29, 1.82) is 0 Å². The Balaban J connectivity index is 2.37. The van der Waals surface area contributed by atoms with Crippen molar-refractivity contribution >= 4 is 23.9 Å². The lowest BCUT2D eigenvalue weighted by Gasteiger charge is -2.30. The van der Waals surface area contributed by atoms with Crippen molar-refractivity contribution in [3.05, 3.63) is 32.6 Å². The third-order valence-corrected chi connectivity index (χ3v) is 6.43. The topological polar surface area (TPSA) is 339 Å². The van der Waals surface area contributed by atoms with Crippen molar-refractivity contribution in [2.24, 2.45) is 17.4 Å². The minimum Gasteiger partial charge on any atom is -0.480 e. The molecule has 43 heavy (non-hydrogen) atoms. The Bertz CT molecular complexity index is 1280. The summed E-state index contributed by atoms with van der Waals surface area (Å²) in [5.74, 6) is -4.34. The number of nitrogens with one attached hydrogen (secondary N) is 3. The summed E-state index contributed by atoms with van der Waals surface area (Å²) in [4.78, 5) is 74.9. The number of aliphatic hydroxyl groups excluding tert-OH is 5. The molecular weight excluding hydrogens is 584 g/mol. The first-order valence-corrected chi connectivity index (χ1v) is 12.8. The summed E-state index contributed by atoms with van der Waals surface area (Å²) < 4.78 is 10.4. The van der Waals surface area contributed by atoms with E-state index in [9.17, 15) is 59.4 Å². The summed E-state index contributed by atoms with van der Waals surface area (Å²) in [7, 11) is 0. The molecule has 1 aromatic heterocycles. The van der Waals surface area contributed by atoms with E-state index >= 15 is 0 Å². The molecule has 1 aromatic rings. The number of hydrogen-bond acceptors (Lipinski definition) is 14. The predicted molar refractivity (Wildman–Crippen MR) is 140 cm³/mol. The van der Waals surface area contributed by atoms with E-state index < -0.39 is 103 Å². The van der Waals surface area contributed by atoms with E-state index in [1.54, 1.807) is 13.8 Å². The molecule has 13 N–H and O–H groups in total. The average Bonchev–Trinajstić information content (AvgIpc) is 3.21. The number of aliphatic carboxylic acids is 1.